The van der Waals surface area contributed by atoms with Gasteiger partial charge in [-0.2, -0.15) is 0 Å². The molecule has 0 atom stereocenters. The van der Waals surface area contributed by atoms with Crippen molar-refractivity contribution in [3.05, 3.63) is 33.8 Å². The molecule has 0 aliphatic carbocycles. The smallest absolute Gasteiger partial charge is 0.163 e. The van der Waals surface area contributed by atoms with Crippen LogP contribution in [0.1, 0.15) is 35.2 Å². The van der Waals surface area contributed by atoms with Crippen LogP contribution in [-0.4, -0.2) is 5.78 Å². The second kappa shape index (κ2) is 5.72. The highest BCUT2D eigenvalue weighted by atomic mass is 79.9. The molecule has 0 aliphatic heterocycles. The summed E-state index contributed by atoms with van der Waals surface area (Å²) in [6, 6.07) is 5.68. The predicted molar refractivity (Wildman–Crippen MR) is 65.9 cm³/mol. The predicted octanol–water partition coefficient (Wildman–Crippen LogP) is 3.74. The van der Waals surface area contributed by atoms with Gasteiger partial charge in [0.25, 0.3) is 0 Å². The molecule has 2 heteroatoms. The molecule has 1 aromatic rings. The molecule has 0 saturated heterocycles. The highest BCUT2D eigenvalue weighted by Gasteiger charge is 2.09. The van der Waals surface area contributed by atoms with Crippen molar-refractivity contribution in [2.45, 2.75) is 26.2 Å². The van der Waals surface area contributed by atoms with Crippen molar-refractivity contribution < 1.29 is 4.79 Å². The van der Waals surface area contributed by atoms with Crippen LogP contribution in [-0.2, 0) is 0 Å². The Kier molecular flexibility index (Phi) is 4.58. The summed E-state index contributed by atoms with van der Waals surface area (Å²) in [5.74, 6) is 2.71. The zero-order valence-corrected chi connectivity index (χ0v) is 10.3. The molecule has 0 N–H and O–H groups in total. The third-order valence-corrected chi connectivity index (χ3v) is 3.15. The number of halogens is 1. The normalized spacial score (nSPS) is 9.67. The Bertz CT molecular complexity index is 401. The van der Waals surface area contributed by atoms with E-state index < -0.39 is 0 Å². The van der Waals surface area contributed by atoms with E-state index in [9.17, 15) is 4.79 Å². The Morgan fingerprint density at radius 3 is 2.93 bits per heavy atom. The Balaban J connectivity index is 2.75. The maximum Gasteiger partial charge on any atom is 0.163 e. The molecule has 1 aromatic carbocycles. The zero-order valence-electron chi connectivity index (χ0n) is 8.72. The van der Waals surface area contributed by atoms with Crippen LogP contribution in [0.4, 0.5) is 0 Å². The maximum absolute atomic E-state index is 11.8. The lowest BCUT2D eigenvalue weighted by Gasteiger charge is -2.05. The fraction of sp³-hybridized carbons (Fsp3) is 0.308. The van der Waals surface area contributed by atoms with Crippen LogP contribution < -0.4 is 0 Å². The Hall–Kier alpha value is -1.07. The van der Waals surface area contributed by atoms with Crippen molar-refractivity contribution in [3.63, 3.8) is 0 Å². The van der Waals surface area contributed by atoms with Crippen molar-refractivity contribution in [2.24, 2.45) is 0 Å². The van der Waals surface area contributed by atoms with Crippen LogP contribution >= 0.6 is 15.9 Å². The number of Topliss-reactive ketones (excluding diaryl/α,β-unsaturated/α-hetero) is 1. The number of hydrogen-bond acceptors (Lipinski definition) is 1. The maximum atomic E-state index is 11.8. The monoisotopic (exact) mass is 264 g/mol. The molecule has 0 bridgehead atoms. The topological polar surface area (TPSA) is 17.1 Å². The standard InChI is InChI=1S/C13H13BrO/c1-3-4-5-9-13(15)11-7-6-8-12(14)10(11)2/h1,6-8H,4-5,9H2,2H3. The van der Waals surface area contributed by atoms with Gasteiger partial charge in [0.2, 0.25) is 0 Å². The van der Waals surface area contributed by atoms with Gasteiger partial charge in [-0.1, -0.05) is 28.1 Å². The third-order valence-electron chi connectivity index (χ3n) is 2.29. The fourth-order valence-electron chi connectivity index (χ4n) is 1.40. The minimum Gasteiger partial charge on any atom is -0.294 e. The molecule has 0 aliphatic rings. The van der Waals surface area contributed by atoms with Gasteiger partial charge in [0.1, 0.15) is 0 Å². The van der Waals surface area contributed by atoms with Crippen LogP contribution in [0.25, 0.3) is 0 Å². The molecule has 15 heavy (non-hydrogen) atoms. The van der Waals surface area contributed by atoms with Gasteiger partial charge >= 0.3 is 0 Å². The summed E-state index contributed by atoms with van der Waals surface area (Å²) in [6.07, 6.45) is 7.10. The summed E-state index contributed by atoms with van der Waals surface area (Å²) in [6.45, 7) is 1.94. The molecule has 0 amide bonds. The van der Waals surface area contributed by atoms with E-state index >= 15 is 0 Å². The highest BCUT2D eigenvalue weighted by molar-refractivity contribution is 9.10. The fourth-order valence-corrected chi connectivity index (χ4v) is 1.76. The third kappa shape index (κ3) is 3.21. The van der Waals surface area contributed by atoms with Crippen LogP contribution in [0.5, 0.6) is 0 Å². The molecule has 0 heterocycles. The number of ketones is 1. The zero-order chi connectivity index (χ0) is 11.3. The van der Waals surface area contributed by atoms with Gasteiger partial charge in [-0.25, -0.2) is 0 Å². The average molecular weight is 265 g/mol. The second-order valence-electron chi connectivity index (χ2n) is 3.39. The summed E-state index contributed by atoms with van der Waals surface area (Å²) < 4.78 is 0.977. The molecule has 0 spiro atoms. The van der Waals surface area contributed by atoms with Crippen molar-refractivity contribution >= 4 is 21.7 Å². The number of carbonyl (C=O) groups excluding carboxylic acids is 1. The average Bonchev–Trinajstić information content (AvgIpc) is 2.22. The Labute approximate surface area is 99.0 Å². The molecular formula is C13H13BrO. The van der Waals surface area contributed by atoms with Gasteiger partial charge < -0.3 is 0 Å². The molecule has 78 valence electrons. The first kappa shape index (κ1) is 12.0. The number of terminal acetylenes is 1. The molecule has 0 unspecified atom stereocenters. The number of carbonyl (C=O) groups is 1. The minimum absolute atomic E-state index is 0.170. The van der Waals surface area contributed by atoms with E-state index in [0.29, 0.717) is 12.8 Å². The van der Waals surface area contributed by atoms with Crippen LogP contribution in [0.3, 0.4) is 0 Å². The Morgan fingerprint density at radius 2 is 2.27 bits per heavy atom. The first-order valence-electron chi connectivity index (χ1n) is 4.88. The van der Waals surface area contributed by atoms with E-state index in [1.807, 2.05) is 25.1 Å². The lowest BCUT2D eigenvalue weighted by molar-refractivity contribution is 0.0980. The number of unbranched alkanes of at least 4 members (excludes halogenated alkanes) is 1. The first-order chi connectivity index (χ1) is 7.16. The van der Waals surface area contributed by atoms with Crippen LogP contribution in [0, 0.1) is 19.3 Å². The highest BCUT2D eigenvalue weighted by Crippen LogP contribution is 2.21. The largest absolute Gasteiger partial charge is 0.294 e. The van der Waals surface area contributed by atoms with E-state index in [1.54, 1.807) is 0 Å². The summed E-state index contributed by atoms with van der Waals surface area (Å²) in [5, 5.41) is 0. The lowest BCUT2D eigenvalue weighted by atomic mass is 10.0. The molecule has 0 saturated carbocycles. The van der Waals surface area contributed by atoms with Gasteiger partial charge in [0.15, 0.2) is 5.78 Å². The van der Waals surface area contributed by atoms with E-state index in [2.05, 4.69) is 21.9 Å². The summed E-state index contributed by atoms with van der Waals surface area (Å²) >= 11 is 3.41. The van der Waals surface area contributed by atoms with Gasteiger partial charge in [0.05, 0.1) is 0 Å². The number of hydrogen-bond donors (Lipinski definition) is 0. The lowest BCUT2D eigenvalue weighted by Crippen LogP contribution is -2.01. The van der Waals surface area contributed by atoms with Crippen molar-refractivity contribution in [2.75, 3.05) is 0 Å². The van der Waals surface area contributed by atoms with E-state index in [0.717, 1.165) is 22.0 Å². The van der Waals surface area contributed by atoms with Crippen LogP contribution in [0.15, 0.2) is 22.7 Å². The number of benzene rings is 1. The van der Waals surface area contributed by atoms with Crippen LogP contribution in [0.2, 0.25) is 0 Å². The molecule has 0 fully saturated rings. The SMILES string of the molecule is C#CCCCC(=O)c1cccc(Br)c1C. The van der Waals surface area contributed by atoms with Crippen molar-refractivity contribution in [1.29, 1.82) is 0 Å². The molecule has 1 rings (SSSR count). The minimum atomic E-state index is 0.170. The van der Waals surface area contributed by atoms with E-state index in [1.165, 1.54) is 0 Å². The van der Waals surface area contributed by atoms with Crippen molar-refractivity contribution in [1.82, 2.24) is 0 Å². The van der Waals surface area contributed by atoms with Gasteiger partial charge in [-0.15, -0.1) is 12.3 Å². The van der Waals surface area contributed by atoms with Gasteiger partial charge in [-0.3, -0.25) is 4.79 Å². The molecule has 0 radical (unpaired) electrons. The Morgan fingerprint density at radius 1 is 1.53 bits per heavy atom. The summed E-state index contributed by atoms with van der Waals surface area (Å²) in [5.41, 5.74) is 1.80. The second-order valence-corrected chi connectivity index (χ2v) is 4.25. The van der Waals surface area contributed by atoms with E-state index in [4.69, 9.17) is 6.42 Å². The van der Waals surface area contributed by atoms with Crippen molar-refractivity contribution in [3.8, 4) is 12.3 Å². The van der Waals surface area contributed by atoms with Gasteiger partial charge in [0, 0.05) is 22.9 Å². The summed E-state index contributed by atoms with van der Waals surface area (Å²) in [4.78, 5) is 11.8. The molecule has 1 nitrogen and oxygen atoms in total. The molecular weight excluding hydrogens is 252 g/mol. The summed E-state index contributed by atoms with van der Waals surface area (Å²) in [7, 11) is 0. The van der Waals surface area contributed by atoms with E-state index in [-0.39, 0.29) is 5.78 Å². The quantitative estimate of drug-likeness (QED) is 0.460. The number of rotatable bonds is 4. The van der Waals surface area contributed by atoms with Gasteiger partial charge in [-0.05, 0) is 25.0 Å². The first-order valence-corrected chi connectivity index (χ1v) is 5.68. The molecule has 0 aromatic heterocycles.